The Morgan fingerprint density at radius 2 is 0.847 bits per heavy atom. The molecule has 0 N–H and O–H groups in total. The number of nitrogens with zero attached hydrogens (tertiary/aromatic N) is 1. The zero-order valence-corrected chi connectivity index (χ0v) is 41.0. The third kappa shape index (κ3) is 6.46. The van der Waals surface area contributed by atoms with Crippen LogP contribution in [-0.2, 0) is 10.8 Å². The van der Waals surface area contributed by atoms with E-state index >= 15 is 0 Å². The molecule has 72 heavy (non-hydrogen) atoms. The summed E-state index contributed by atoms with van der Waals surface area (Å²) in [6, 6.07) is 97.3. The van der Waals surface area contributed by atoms with Gasteiger partial charge in [0.2, 0.25) is 0 Å². The predicted molar refractivity (Wildman–Crippen MR) is 305 cm³/mol. The summed E-state index contributed by atoms with van der Waals surface area (Å²) in [5, 5.41) is 2.64. The summed E-state index contributed by atoms with van der Waals surface area (Å²) >= 11 is 1.87. The minimum absolute atomic E-state index is 0.144. The van der Waals surface area contributed by atoms with Gasteiger partial charge in [-0.3, -0.25) is 0 Å². The van der Waals surface area contributed by atoms with E-state index in [1.54, 1.807) is 0 Å². The number of rotatable bonds is 8. The topological polar surface area (TPSA) is 3.24 Å². The van der Waals surface area contributed by atoms with Crippen molar-refractivity contribution in [2.45, 2.75) is 24.7 Å². The largest absolute Gasteiger partial charge is 0.310 e. The van der Waals surface area contributed by atoms with Crippen LogP contribution in [0.5, 0.6) is 0 Å². The zero-order chi connectivity index (χ0) is 48.0. The van der Waals surface area contributed by atoms with Gasteiger partial charge >= 0.3 is 0 Å². The molecule has 0 fully saturated rings. The second kappa shape index (κ2) is 16.5. The van der Waals surface area contributed by atoms with Gasteiger partial charge in [-0.1, -0.05) is 220 Å². The van der Waals surface area contributed by atoms with E-state index in [0.29, 0.717) is 0 Å². The molecule has 14 rings (SSSR count). The molecule has 0 amide bonds. The van der Waals surface area contributed by atoms with Crippen LogP contribution < -0.4 is 4.90 Å². The quantitative estimate of drug-likeness (QED) is 0.147. The fraction of sp³-hybridized carbons (Fsp3) is 0.0571. The Labute approximate surface area is 425 Å². The molecule has 0 radical (unpaired) electrons. The monoisotopic (exact) mass is 935 g/mol. The first-order valence-electron chi connectivity index (χ1n) is 25.1. The lowest BCUT2D eigenvalue weighted by atomic mass is 9.67. The number of hydrogen-bond donors (Lipinski definition) is 0. The van der Waals surface area contributed by atoms with Gasteiger partial charge < -0.3 is 4.90 Å². The van der Waals surface area contributed by atoms with Gasteiger partial charge in [-0.25, -0.2) is 0 Å². The summed E-state index contributed by atoms with van der Waals surface area (Å²) in [7, 11) is 0. The van der Waals surface area contributed by atoms with Crippen LogP contribution in [0, 0.1) is 0 Å². The van der Waals surface area contributed by atoms with Crippen molar-refractivity contribution >= 4 is 48.6 Å². The van der Waals surface area contributed by atoms with Gasteiger partial charge in [0, 0.05) is 42.5 Å². The minimum Gasteiger partial charge on any atom is -0.310 e. The second-order valence-corrected chi connectivity index (χ2v) is 21.1. The molecule has 12 aromatic rings. The van der Waals surface area contributed by atoms with E-state index in [-0.39, 0.29) is 5.41 Å². The van der Waals surface area contributed by atoms with Crippen LogP contribution in [0.15, 0.2) is 261 Å². The highest BCUT2D eigenvalue weighted by molar-refractivity contribution is 7.25. The maximum Gasteiger partial charge on any atom is 0.0713 e. The van der Waals surface area contributed by atoms with Gasteiger partial charge in [-0.15, -0.1) is 11.3 Å². The van der Waals surface area contributed by atoms with E-state index in [2.05, 4.69) is 280 Å². The smallest absolute Gasteiger partial charge is 0.0713 e. The summed E-state index contributed by atoms with van der Waals surface area (Å²) in [6.45, 7) is 4.74. The van der Waals surface area contributed by atoms with E-state index < -0.39 is 5.41 Å². The summed E-state index contributed by atoms with van der Waals surface area (Å²) < 4.78 is 2.64. The van der Waals surface area contributed by atoms with Gasteiger partial charge in [0.1, 0.15) is 0 Å². The highest BCUT2D eigenvalue weighted by atomic mass is 32.1. The molecule has 2 aliphatic carbocycles. The van der Waals surface area contributed by atoms with Crippen LogP contribution >= 0.6 is 11.3 Å². The molecule has 1 heterocycles. The number of hydrogen-bond acceptors (Lipinski definition) is 2. The van der Waals surface area contributed by atoms with E-state index in [0.717, 1.165) is 17.1 Å². The fourth-order valence-corrected chi connectivity index (χ4v) is 13.5. The molecule has 340 valence electrons. The van der Waals surface area contributed by atoms with Crippen molar-refractivity contribution in [2.24, 2.45) is 0 Å². The van der Waals surface area contributed by atoms with Crippen LogP contribution in [0.25, 0.3) is 75.8 Å². The Morgan fingerprint density at radius 3 is 1.62 bits per heavy atom. The van der Waals surface area contributed by atoms with E-state index in [1.807, 2.05) is 11.3 Å². The average molecular weight is 936 g/mol. The standard InChI is InChI=1S/C70H49NS/c1-69(2)62-28-13-9-25-56(62)58-40-38-54(45-65(58)69)71(53-36-32-46(33-37-53)49-34-39-60-59-27-12-16-31-67(59)72-68(60)44-49)66-30-15-11-24-55(66)50-19-17-18-47(42-50)48-35-41-64-61(43-48)57-26-10-14-29-63(57)70(64,51-20-5-3-6-21-51)52-22-7-4-8-23-52/h3-45H,1-2H3. The van der Waals surface area contributed by atoms with Gasteiger partial charge in [0.05, 0.1) is 11.1 Å². The van der Waals surface area contributed by atoms with Crippen molar-refractivity contribution < 1.29 is 0 Å². The predicted octanol–water partition coefficient (Wildman–Crippen LogP) is 19.2. The highest BCUT2D eigenvalue weighted by Crippen LogP contribution is 2.57. The Balaban J connectivity index is 0.892. The van der Waals surface area contributed by atoms with Crippen LogP contribution in [0.4, 0.5) is 17.1 Å². The Bertz CT molecular complexity index is 4030. The van der Waals surface area contributed by atoms with E-state index in [4.69, 9.17) is 0 Å². The Hall–Kier alpha value is -8.56. The molecule has 0 unspecified atom stereocenters. The number of anilines is 3. The van der Waals surface area contributed by atoms with Gasteiger partial charge in [0.25, 0.3) is 0 Å². The molecule has 11 aromatic carbocycles. The molecule has 0 saturated carbocycles. The minimum atomic E-state index is -0.433. The lowest BCUT2D eigenvalue weighted by molar-refractivity contribution is 0.660. The molecule has 0 aliphatic heterocycles. The zero-order valence-electron chi connectivity index (χ0n) is 40.2. The maximum absolute atomic E-state index is 2.47. The summed E-state index contributed by atoms with van der Waals surface area (Å²) in [4.78, 5) is 2.47. The second-order valence-electron chi connectivity index (χ2n) is 20.0. The first kappa shape index (κ1) is 42.3. The Morgan fingerprint density at radius 1 is 0.306 bits per heavy atom. The van der Waals surface area contributed by atoms with Crippen LogP contribution in [0.1, 0.15) is 47.2 Å². The lowest BCUT2D eigenvalue weighted by Crippen LogP contribution is -2.28. The molecule has 2 heteroatoms. The molecule has 0 bridgehead atoms. The molecular weight excluding hydrogens is 887 g/mol. The number of para-hydroxylation sites is 1. The highest BCUT2D eigenvalue weighted by Gasteiger charge is 2.46. The maximum atomic E-state index is 2.47. The molecular formula is C70H49NS. The van der Waals surface area contributed by atoms with Crippen molar-refractivity contribution in [3.8, 4) is 55.6 Å². The number of thiophene rings is 1. The van der Waals surface area contributed by atoms with Crippen molar-refractivity contribution in [1.29, 1.82) is 0 Å². The van der Waals surface area contributed by atoms with Gasteiger partial charge in [0.15, 0.2) is 0 Å². The molecule has 1 aromatic heterocycles. The van der Waals surface area contributed by atoms with Crippen LogP contribution in [-0.4, -0.2) is 0 Å². The van der Waals surface area contributed by atoms with E-state index in [1.165, 1.54) is 109 Å². The first-order chi connectivity index (χ1) is 35.4. The molecule has 0 atom stereocenters. The van der Waals surface area contributed by atoms with Crippen molar-refractivity contribution in [1.82, 2.24) is 0 Å². The summed E-state index contributed by atoms with van der Waals surface area (Å²) in [5.74, 6) is 0. The lowest BCUT2D eigenvalue weighted by Gasteiger charge is -2.33. The fourth-order valence-electron chi connectivity index (χ4n) is 12.4. The number of benzene rings is 11. The Kier molecular flexibility index (Phi) is 9.71. The third-order valence-corrected chi connectivity index (χ3v) is 16.9. The van der Waals surface area contributed by atoms with Gasteiger partial charge in [-0.2, -0.15) is 0 Å². The van der Waals surface area contributed by atoms with Crippen molar-refractivity contribution in [3.63, 3.8) is 0 Å². The SMILES string of the molecule is CC1(C)c2ccccc2-c2ccc(N(c3ccc(-c4ccc5c(c4)sc4ccccc45)cc3)c3ccccc3-c3cccc(-c4ccc5c(c4)-c4ccccc4C5(c4ccccc4)c4ccccc4)c3)cc21. The van der Waals surface area contributed by atoms with E-state index in [9.17, 15) is 0 Å². The molecule has 2 aliphatic rings. The first-order valence-corrected chi connectivity index (χ1v) is 25.9. The molecule has 0 spiro atoms. The van der Waals surface area contributed by atoms with Crippen LogP contribution in [0.3, 0.4) is 0 Å². The summed E-state index contributed by atoms with van der Waals surface area (Å²) in [5.41, 5.74) is 23.0. The van der Waals surface area contributed by atoms with Crippen molar-refractivity contribution in [2.75, 3.05) is 4.90 Å². The molecule has 1 nitrogen and oxygen atoms in total. The van der Waals surface area contributed by atoms with Crippen LogP contribution in [0.2, 0.25) is 0 Å². The number of fused-ring (bicyclic) bond motifs is 9. The normalized spacial score (nSPS) is 13.6. The van der Waals surface area contributed by atoms with Crippen molar-refractivity contribution in [3.05, 3.63) is 294 Å². The molecule has 0 saturated heterocycles. The third-order valence-electron chi connectivity index (χ3n) is 15.8. The average Bonchev–Trinajstić information content (AvgIpc) is 4.05. The van der Waals surface area contributed by atoms with Gasteiger partial charge in [-0.05, 0) is 138 Å². The summed E-state index contributed by atoms with van der Waals surface area (Å²) in [6.07, 6.45) is 0.